The Morgan fingerprint density at radius 3 is 2.62 bits per heavy atom. The van der Waals surface area contributed by atoms with Gasteiger partial charge in [0.05, 0.1) is 19.3 Å². The summed E-state index contributed by atoms with van der Waals surface area (Å²) >= 11 is 0. The number of carboxylic acids is 1. The molecule has 2 rings (SSSR count). The number of likely N-dealkylation sites (N-methyl/N-ethyl adjacent to an activating group) is 1. The summed E-state index contributed by atoms with van der Waals surface area (Å²) < 4.78 is 5.70. The van der Waals surface area contributed by atoms with Crippen LogP contribution in [0.3, 0.4) is 0 Å². The summed E-state index contributed by atoms with van der Waals surface area (Å²) in [4.78, 5) is 41.5. The Morgan fingerprint density at radius 1 is 1.23 bits per heavy atom. The molecule has 0 saturated carbocycles. The highest BCUT2D eigenvalue weighted by atomic mass is 16.5. The van der Waals surface area contributed by atoms with E-state index in [0.717, 1.165) is 12.8 Å². The van der Waals surface area contributed by atoms with Gasteiger partial charge in [-0.3, -0.25) is 19.3 Å². The molecule has 8 heteroatoms. The number of carbonyl (C=O) groups is 3. The van der Waals surface area contributed by atoms with Crippen LogP contribution in [0.25, 0.3) is 0 Å². The maximum atomic E-state index is 13.1. The molecule has 0 aliphatic carbocycles. The third-order valence-corrected chi connectivity index (χ3v) is 4.94. The van der Waals surface area contributed by atoms with Crippen LogP contribution in [0.5, 0.6) is 0 Å². The van der Waals surface area contributed by atoms with E-state index in [2.05, 4.69) is 0 Å². The number of carbonyl (C=O) groups excluding carboxylic acids is 2. The van der Waals surface area contributed by atoms with Crippen molar-refractivity contribution in [2.45, 2.75) is 45.3 Å². The van der Waals surface area contributed by atoms with Gasteiger partial charge in [-0.1, -0.05) is 13.8 Å². The van der Waals surface area contributed by atoms with Gasteiger partial charge in [0.15, 0.2) is 0 Å². The van der Waals surface area contributed by atoms with E-state index in [0.29, 0.717) is 39.2 Å². The number of hydrogen-bond acceptors (Lipinski definition) is 5. The number of aliphatic carboxylic acids is 1. The van der Waals surface area contributed by atoms with E-state index in [9.17, 15) is 14.4 Å². The number of amides is 2. The van der Waals surface area contributed by atoms with Crippen molar-refractivity contribution in [2.75, 3.05) is 46.4 Å². The van der Waals surface area contributed by atoms with E-state index in [1.807, 2.05) is 13.8 Å². The summed E-state index contributed by atoms with van der Waals surface area (Å²) in [7, 11) is 1.72. The molecule has 0 aromatic carbocycles. The lowest BCUT2D eigenvalue weighted by molar-refractivity contribution is -0.154. The van der Waals surface area contributed by atoms with Crippen LogP contribution in [0.15, 0.2) is 0 Å². The molecule has 2 fully saturated rings. The van der Waals surface area contributed by atoms with E-state index in [4.69, 9.17) is 9.84 Å². The van der Waals surface area contributed by atoms with Gasteiger partial charge in [-0.05, 0) is 26.3 Å². The average molecular weight is 369 g/mol. The van der Waals surface area contributed by atoms with Crippen molar-refractivity contribution in [1.29, 1.82) is 0 Å². The van der Waals surface area contributed by atoms with Gasteiger partial charge in [0.2, 0.25) is 11.8 Å². The maximum absolute atomic E-state index is 13.1. The molecule has 2 aliphatic heterocycles. The van der Waals surface area contributed by atoms with Crippen molar-refractivity contribution < 1.29 is 24.2 Å². The minimum Gasteiger partial charge on any atom is -0.480 e. The molecular weight excluding hydrogens is 338 g/mol. The van der Waals surface area contributed by atoms with Gasteiger partial charge >= 0.3 is 5.97 Å². The standard InChI is InChI=1S/C18H31N3O5/c1-13(2)17(24)21-7-5-4-6-15(21)18(25)20-8-9-26-14(11-20)10-19(3)12-16(22)23/h13-15H,4-12H2,1-3H3,(H,22,23). The first-order valence-electron chi connectivity index (χ1n) is 9.40. The number of piperidine rings is 1. The molecule has 2 aliphatic rings. The van der Waals surface area contributed by atoms with Gasteiger partial charge in [0.1, 0.15) is 6.04 Å². The van der Waals surface area contributed by atoms with E-state index < -0.39 is 5.97 Å². The minimum atomic E-state index is -0.888. The fourth-order valence-corrected chi connectivity index (χ4v) is 3.67. The Balaban J connectivity index is 1.98. The molecule has 0 aromatic rings. The first kappa shape index (κ1) is 20.6. The molecule has 0 aromatic heterocycles. The van der Waals surface area contributed by atoms with Gasteiger partial charge in [-0.15, -0.1) is 0 Å². The van der Waals surface area contributed by atoms with Crippen molar-refractivity contribution in [1.82, 2.24) is 14.7 Å². The quantitative estimate of drug-likeness (QED) is 0.723. The zero-order chi connectivity index (χ0) is 19.3. The first-order valence-corrected chi connectivity index (χ1v) is 9.40. The number of morpholine rings is 1. The van der Waals surface area contributed by atoms with Crippen LogP contribution in [0.4, 0.5) is 0 Å². The van der Waals surface area contributed by atoms with Crippen molar-refractivity contribution in [3.8, 4) is 0 Å². The van der Waals surface area contributed by atoms with Crippen LogP contribution >= 0.6 is 0 Å². The number of carboxylic acid groups (broad SMARTS) is 1. The lowest BCUT2D eigenvalue weighted by Gasteiger charge is -2.41. The highest BCUT2D eigenvalue weighted by Crippen LogP contribution is 2.22. The number of nitrogens with zero attached hydrogens (tertiary/aromatic N) is 3. The molecule has 148 valence electrons. The molecule has 1 N–H and O–H groups in total. The summed E-state index contributed by atoms with van der Waals surface area (Å²) in [6, 6.07) is -0.380. The molecular formula is C18H31N3O5. The zero-order valence-electron chi connectivity index (χ0n) is 16.0. The lowest BCUT2D eigenvalue weighted by atomic mass is 9.98. The second-order valence-corrected chi connectivity index (χ2v) is 7.57. The van der Waals surface area contributed by atoms with Crippen molar-refractivity contribution in [2.24, 2.45) is 5.92 Å². The fraction of sp³-hybridized carbons (Fsp3) is 0.833. The smallest absolute Gasteiger partial charge is 0.317 e. The summed E-state index contributed by atoms with van der Waals surface area (Å²) in [5.74, 6) is -0.978. The SMILES string of the molecule is CC(C)C(=O)N1CCCCC1C(=O)N1CCOC(CN(C)CC(=O)O)C1. The Labute approximate surface area is 155 Å². The van der Waals surface area contributed by atoms with E-state index in [-0.39, 0.29) is 36.4 Å². The molecule has 2 unspecified atom stereocenters. The molecule has 26 heavy (non-hydrogen) atoms. The number of likely N-dealkylation sites (tertiary alicyclic amines) is 1. The monoisotopic (exact) mass is 369 g/mol. The molecule has 2 heterocycles. The van der Waals surface area contributed by atoms with Gasteiger partial charge in [0, 0.05) is 32.1 Å². The highest BCUT2D eigenvalue weighted by molar-refractivity contribution is 5.88. The Hall–Kier alpha value is -1.67. The number of hydrogen-bond donors (Lipinski definition) is 1. The highest BCUT2D eigenvalue weighted by Gasteiger charge is 2.37. The Kier molecular flexibility index (Phi) is 7.40. The van der Waals surface area contributed by atoms with Crippen molar-refractivity contribution >= 4 is 17.8 Å². The van der Waals surface area contributed by atoms with Gasteiger partial charge in [-0.2, -0.15) is 0 Å². The molecule has 0 spiro atoms. The van der Waals surface area contributed by atoms with Crippen LogP contribution in [-0.2, 0) is 19.1 Å². The molecule has 2 saturated heterocycles. The van der Waals surface area contributed by atoms with Crippen LogP contribution in [0.1, 0.15) is 33.1 Å². The van der Waals surface area contributed by atoms with Crippen molar-refractivity contribution in [3.63, 3.8) is 0 Å². The van der Waals surface area contributed by atoms with Crippen LogP contribution < -0.4 is 0 Å². The van der Waals surface area contributed by atoms with Crippen LogP contribution in [0.2, 0.25) is 0 Å². The normalized spacial score (nSPS) is 24.2. The summed E-state index contributed by atoms with van der Waals surface area (Å²) in [6.45, 7) is 6.14. The third-order valence-electron chi connectivity index (χ3n) is 4.94. The third kappa shape index (κ3) is 5.41. The Bertz CT molecular complexity index is 525. The molecule has 0 bridgehead atoms. The van der Waals surface area contributed by atoms with E-state index in [1.54, 1.807) is 21.7 Å². The minimum absolute atomic E-state index is 0.00659. The topological polar surface area (TPSA) is 90.4 Å². The molecule has 2 atom stereocenters. The van der Waals surface area contributed by atoms with Gasteiger partial charge in [-0.25, -0.2) is 0 Å². The molecule has 8 nitrogen and oxygen atoms in total. The predicted octanol–water partition coefficient (Wildman–Crippen LogP) is 0.267. The second-order valence-electron chi connectivity index (χ2n) is 7.57. The summed E-state index contributed by atoms with van der Waals surface area (Å²) in [6.07, 6.45) is 2.38. The van der Waals surface area contributed by atoms with E-state index in [1.165, 1.54) is 0 Å². The van der Waals surface area contributed by atoms with Crippen LogP contribution in [-0.4, -0.2) is 96.1 Å². The number of ether oxygens (including phenoxy) is 1. The maximum Gasteiger partial charge on any atom is 0.317 e. The second kappa shape index (κ2) is 9.32. The summed E-state index contributed by atoms with van der Waals surface area (Å²) in [5, 5.41) is 8.87. The molecule has 2 amide bonds. The van der Waals surface area contributed by atoms with Gasteiger partial charge < -0.3 is 19.6 Å². The predicted molar refractivity (Wildman–Crippen MR) is 95.6 cm³/mol. The lowest BCUT2D eigenvalue weighted by Crippen LogP contribution is -2.57. The van der Waals surface area contributed by atoms with Gasteiger partial charge in [0.25, 0.3) is 0 Å². The van der Waals surface area contributed by atoms with E-state index >= 15 is 0 Å². The van der Waals surface area contributed by atoms with Crippen molar-refractivity contribution in [3.05, 3.63) is 0 Å². The molecule has 0 radical (unpaired) electrons. The number of rotatable bonds is 6. The Morgan fingerprint density at radius 2 is 1.96 bits per heavy atom. The summed E-state index contributed by atoms with van der Waals surface area (Å²) in [5.41, 5.74) is 0. The van der Waals surface area contributed by atoms with Crippen LogP contribution in [0, 0.1) is 5.92 Å². The fourth-order valence-electron chi connectivity index (χ4n) is 3.67. The largest absolute Gasteiger partial charge is 0.480 e. The average Bonchev–Trinajstić information content (AvgIpc) is 2.59. The zero-order valence-corrected chi connectivity index (χ0v) is 16.0. The first-order chi connectivity index (χ1) is 12.3.